The summed E-state index contributed by atoms with van der Waals surface area (Å²) < 4.78 is 5.25. The number of halogens is 1. The van der Waals surface area contributed by atoms with Crippen molar-refractivity contribution >= 4 is 44.9 Å². The minimum absolute atomic E-state index is 0.131. The lowest BCUT2D eigenvalue weighted by Crippen LogP contribution is -2.40. The van der Waals surface area contributed by atoms with Crippen LogP contribution >= 0.6 is 22.9 Å². The Morgan fingerprint density at radius 1 is 1.32 bits per heavy atom. The molecule has 5 nitrogen and oxygen atoms in total. The van der Waals surface area contributed by atoms with Gasteiger partial charge < -0.3 is 9.64 Å². The molecular weight excluding hydrogens is 394 g/mol. The summed E-state index contributed by atoms with van der Waals surface area (Å²) in [5.41, 5.74) is 2.28. The number of hydrogen-bond donors (Lipinski definition) is 0. The maximum absolute atomic E-state index is 12.3. The van der Waals surface area contributed by atoms with E-state index in [-0.39, 0.29) is 17.2 Å². The summed E-state index contributed by atoms with van der Waals surface area (Å²) in [7, 11) is 0. The lowest BCUT2D eigenvalue weighted by atomic mass is 9.97. The van der Waals surface area contributed by atoms with Crippen molar-refractivity contribution in [2.75, 3.05) is 24.6 Å². The number of anilines is 1. The maximum Gasteiger partial charge on any atom is 0.310 e. The molecule has 0 bridgehead atoms. The van der Waals surface area contributed by atoms with Crippen LogP contribution in [0.5, 0.6) is 0 Å². The molecular formula is C21H22ClN3O2S. The minimum Gasteiger partial charge on any atom is -0.466 e. The van der Waals surface area contributed by atoms with E-state index in [4.69, 9.17) is 16.3 Å². The summed E-state index contributed by atoms with van der Waals surface area (Å²) in [4.78, 5) is 25.6. The van der Waals surface area contributed by atoms with E-state index in [0.717, 1.165) is 46.5 Å². The van der Waals surface area contributed by atoms with Gasteiger partial charge in [-0.05, 0) is 43.9 Å². The second-order valence-electron chi connectivity index (χ2n) is 6.93. The third kappa shape index (κ3) is 3.59. The molecule has 1 unspecified atom stereocenters. The number of carbonyl (C=O) groups is 1. The quantitative estimate of drug-likeness (QED) is 0.438. The number of fused-ring (bicyclic) bond motifs is 1. The first-order chi connectivity index (χ1) is 13.6. The number of hydrogen-bond acceptors (Lipinski definition) is 6. The summed E-state index contributed by atoms with van der Waals surface area (Å²) in [5, 5.41) is 1.25. The van der Waals surface area contributed by atoms with Crippen LogP contribution in [0.15, 0.2) is 30.3 Å². The number of benzene rings is 1. The van der Waals surface area contributed by atoms with Gasteiger partial charge in [-0.1, -0.05) is 30.3 Å². The fraction of sp³-hybridized carbons (Fsp3) is 0.381. The average molecular weight is 416 g/mol. The van der Waals surface area contributed by atoms with Crippen LogP contribution in [0.4, 0.5) is 5.82 Å². The first-order valence-electron chi connectivity index (χ1n) is 9.52. The number of carbonyl (C=O) groups excluding carboxylic acids is 1. The van der Waals surface area contributed by atoms with Crippen molar-refractivity contribution in [2.24, 2.45) is 5.92 Å². The highest BCUT2D eigenvalue weighted by Gasteiger charge is 2.30. The highest BCUT2D eigenvalue weighted by Crippen LogP contribution is 2.42. The molecule has 0 spiro atoms. The second kappa shape index (κ2) is 8.05. The largest absolute Gasteiger partial charge is 0.466 e. The predicted molar refractivity (Wildman–Crippen MR) is 114 cm³/mol. The van der Waals surface area contributed by atoms with E-state index in [1.165, 1.54) is 4.88 Å². The first kappa shape index (κ1) is 19.2. The Morgan fingerprint density at radius 3 is 2.86 bits per heavy atom. The van der Waals surface area contributed by atoms with Crippen molar-refractivity contribution < 1.29 is 9.53 Å². The van der Waals surface area contributed by atoms with Gasteiger partial charge in [0.05, 0.1) is 17.9 Å². The van der Waals surface area contributed by atoms with Crippen LogP contribution in [0.1, 0.15) is 24.6 Å². The van der Waals surface area contributed by atoms with Crippen LogP contribution in [0, 0.1) is 12.8 Å². The third-order valence-electron chi connectivity index (χ3n) is 5.08. The zero-order valence-corrected chi connectivity index (χ0v) is 17.5. The van der Waals surface area contributed by atoms with Crippen molar-refractivity contribution in [3.05, 3.63) is 40.5 Å². The van der Waals surface area contributed by atoms with E-state index >= 15 is 0 Å². The Bertz CT molecular complexity index is 1010. The SMILES string of the molecule is CCOC(=O)C1CCCN(c2nc(Cl)nc3sc(C)c(-c4ccccc4)c23)C1. The van der Waals surface area contributed by atoms with Crippen LogP contribution in [0.2, 0.25) is 5.28 Å². The molecule has 28 heavy (non-hydrogen) atoms. The van der Waals surface area contributed by atoms with Gasteiger partial charge in [-0.25, -0.2) is 4.98 Å². The number of esters is 1. The average Bonchev–Trinajstić information content (AvgIpc) is 3.03. The smallest absolute Gasteiger partial charge is 0.310 e. The van der Waals surface area contributed by atoms with Crippen molar-refractivity contribution in [1.29, 1.82) is 0 Å². The van der Waals surface area contributed by atoms with Crippen molar-refractivity contribution in [1.82, 2.24) is 9.97 Å². The molecule has 1 saturated heterocycles. The lowest BCUT2D eigenvalue weighted by Gasteiger charge is -2.33. The Labute approximate surface area is 173 Å². The number of ether oxygens (including phenoxy) is 1. The van der Waals surface area contributed by atoms with E-state index in [1.54, 1.807) is 11.3 Å². The lowest BCUT2D eigenvalue weighted by molar-refractivity contribution is -0.148. The van der Waals surface area contributed by atoms with Gasteiger partial charge >= 0.3 is 5.97 Å². The molecule has 1 atom stereocenters. The zero-order valence-electron chi connectivity index (χ0n) is 15.9. The van der Waals surface area contributed by atoms with Crippen LogP contribution < -0.4 is 4.90 Å². The predicted octanol–water partition coefficient (Wildman–Crippen LogP) is 5.10. The zero-order chi connectivity index (χ0) is 19.7. The van der Waals surface area contributed by atoms with Crippen molar-refractivity contribution in [3.63, 3.8) is 0 Å². The number of nitrogens with zero attached hydrogens (tertiary/aromatic N) is 3. The Hall–Kier alpha value is -2.18. The van der Waals surface area contributed by atoms with Gasteiger partial charge in [0.25, 0.3) is 0 Å². The van der Waals surface area contributed by atoms with Gasteiger partial charge in [-0.3, -0.25) is 4.79 Å². The molecule has 3 aromatic rings. The second-order valence-corrected chi connectivity index (χ2v) is 8.47. The van der Waals surface area contributed by atoms with Gasteiger partial charge in [0.15, 0.2) is 0 Å². The van der Waals surface area contributed by atoms with E-state index in [0.29, 0.717) is 13.2 Å². The fourth-order valence-corrected chi connectivity index (χ4v) is 5.13. The molecule has 0 radical (unpaired) electrons. The number of thiophene rings is 1. The summed E-state index contributed by atoms with van der Waals surface area (Å²) in [6.07, 6.45) is 1.75. The number of rotatable bonds is 4. The molecule has 1 fully saturated rings. The molecule has 0 N–H and O–H groups in total. The van der Waals surface area contributed by atoms with Crippen LogP contribution in [-0.2, 0) is 9.53 Å². The Kier molecular flexibility index (Phi) is 5.51. The van der Waals surface area contributed by atoms with Crippen LogP contribution in [0.25, 0.3) is 21.3 Å². The number of aromatic nitrogens is 2. The van der Waals surface area contributed by atoms with Gasteiger partial charge in [-0.2, -0.15) is 4.98 Å². The number of piperidine rings is 1. The molecule has 4 rings (SSSR count). The molecule has 7 heteroatoms. The summed E-state index contributed by atoms with van der Waals surface area (Å²) in [6, 6.07) is 10.3. The maximum atomic E-state index is 12.3. The van der Waals surface area contributed by atoms with Gasteiger partial charge in [0.2, 0.25) is 5.28 Å². The summed E-state index contributed by atoms with van der Waals surface area (Å²) in [6.45, 7) is 5.77. The standard InChI is InChI=1S/C21H22ClN3O2S/c1-3-27-20(26)15-10-7-11-25(12-15)18-17-16(14-8-5-4-6-9-14)13(2)28-19(17)24-21(22)23-18/h4-6,8-9,15H,3,7,10-12H2,1-2H3. The third-order valence-corrected chi connectivity index (χ3v) is 6.25. The molecule has 0 saturated carbocycles. The highest BCUT2D eigenvalue weighted by molar-refractivity contribution is 7.19. The molecule has 3 heterocycles. The topological polar surface area (TPSA) is 55.3 Å². The summed E-state index contributed by atoms with van der Waals surface area (Å²) in [5.74, 6) is 0.540. The molecule has 1 aromatic carbocycles. The van der Waals surface area contributed by atoms with E-state index in [2.05, 4.69) is 33.9 Å². The van der Waals surface area contributed by atoms with Gasteiger partial charge in [-0.15, -0.1) is 11.3 Å². The molecule has 1 aliphatic heterocycles. The fourth-order valence-electron chi connectivity index (χ4n) is 3.87. The molecule has 0 amide bonds. The first-order valence-corrected chi connectivity index (χ1v) is 10.7. The van der Waals surface area contributed by atoms with E-state index < -0.39 is 0 Å². The van der Waals surface area contributed by atoms with Crippen molar-refractivity contribution in [2.45, 2.75) is 26.7 Å². The monoisotopic (exact) mass is 415 g/mol. The highest BCUT2D eigenvalue weighted by atomic mass is 35.5. The molecule has 0 aliphatic carbocycles. The van der Waals surface area contributed by atoms with E-state index in [1.807, 2.05) is 25.1 Å². The van der Waals surface area contributed by atoms with Crippen molar-refractivity contribution in [3.8, 4) is 11.1 Å². The van der Waals surface area contributed by atoms with Gasteiger partial charge in [0.1, 0.15) is 10.6 Å². The van der Waals surface area contributed by atoms with Crippen LogP contribution in [-0.4, -0.2) is 35.6 Å². The minimum atomic E-state index is -0.141. The van der Waals surface area contributed by atoms with Crippen LogP contribution in [0.3, 0.4) is 0 Å². The number of aryl methyl sites for hydroxylation is 1. The summed E-state index contributed by atoms with van der Waals surface area (Å²) >= 11 is 7.89. The molecule has 146 valence electrons. The normalized spacial score (nSPS) is 17.1. The molecule has 2 aromatic heterocycles. The van der Waals surface area contributed by atoms with Gasteiger partial charge in [0, 0.05) is 23.5 Å². The Balaban J connectivity index is 1.81. The Morgan fingerprint density at radius 2 is 2.11 bits per heavy atom. The molecule has 1 aliphatic rings. The van der Waals surface area contributed by atoms with E-state index in [9.17, 15) is 4.79 Å².